The van der Waals surface area contributed by atoms with Gasteiger partial charge in [-0.05, 0) is 49.6 Å². The summed E-state index contributed by atoms with van der Waals surface area (Å²) in [5.74, 6) is -0.413. The lowest BCUT2D eigenvalue weighted by atomic mass is 10.0. The van der Waals surface area contributed by atoms with Crippen molar-refractivity contribution in [2.45, 2.75) is 39.3 Å². The van der Waals surface area contributed by atoms with Crippen LogP contribution >= 0.6 is 23.2 Å². The fraction of sp³-hybridized carbons (Fsp3) is 0.350. The Morgan fingerprint density at radius 2 is 1.68 bits per heavy atom. The van der Waals surface area contributed by atoms with Gasteiger partial charge in [0.1, 0.15) is 6.04 Å². The van der Waals surface area contributed by atoms with Crippen LogP contribution in [0.25, 0.3) is 0 Å². The van der Waals surface area contributed by atoms with E-state index in [0.717, 1.165) is 22.5 Å². The molecule has 1 N–H and O–H groups in total. The van der Waals surface area contributed by atoms with E-state index in [2.05, 4.69) is 12.2 Å². The highest BCUT2D eigenvalue weighted by atomic mass is 35.5. The molecule has 0 spiro atoms. The third kappa shape index (κ3) is 5.40. The highest BCUT2D eigenvalue weighted by Gasteiger charge is 2.30. The Morgan fingerprint density at radius 1 is 1.07 bits per heavy atom. The third-order valence-corrected chi connectivity index (χ3v) is 6.47. The number of carbonyl (C=O) groups is 1. The number of amides is 1. The molecule has 0 aromatic heterocycles. The summed E-state index contributed by atoms with van der Waals surface area (Å²) in [6, 6.07) is 11.2. The third-order valence-electron chi connectivity index (χ3n) is 4.49. The molecule has 0 radical (unpaired) electrons. The number of rotatable bonds is 7. The summed E-state index contributed by atoms with van der Waals surface area (Å²) in [6.45, 7) is 5.46. The fourth-order valence-corrected chi connectivity index (χ4v) is 4.35. The normalized spacial score (nSPS) is 13.6. The van der Waals surface area contributed by atoms with Gasteiger partial charge in [0.2, 0.25) is 15.9 Å². The maximum absolute atomic E-state index is 12.8. The van der Waals surface area contributed by atoms with Crippen LogP contribution < -0.4 is 9.62 Å². The Labute approximate surface area is 176 Å². The van der Waals surface area contributed by atoms with Crippen LogP contribution in [0.15, 0.2) is 42.5 Å². The molecule has 0 aliphatic heterocycles. The number of anilines is 1. The van der Waals surface area contributed by atoms with E-state index in [-0.39, 0.29) is 16.8 Å². The second kappa shape index (κ2) is 9.16. The average Bonchev–Trinajstić information content (AvgIpc) is 2.63. The Balaban J connectivity index is 2.24. The maximum Gasteiger partial charge on any atom is 0.244 e. The van der Waals surface area contributed by atoms with Crippen molar-refractivity contribution in [3.05, 3.63) is 63.6 Å². The minimum Gasteiger partial charge on any atom is -0.348 e. The van der Waals surface area contributed by atoms with Gasteiger partial charge in [0, 0.05) is 0 Å². The molecule has 5 nitrogen and oxygen atoms in total. The van der Waals surface area contributed by atoms with Gasteiger partial charge in [-0.2, -0.15) is 0 Å². The molecule has 0 bridgehead atoms. The van der Waals surface area contributed by atoms with Crippen LogP contribution in [-0.2, 0) is 21.2 Å². The first-order chi connectivity index (χ1) is 13.0. The Hall–Kier alpha value is -1.76. The van der Waals surface area contributed by atoms with Crippen LogP contribution in [0.2, 0.25) is 10.0 Å². The molecule has 1 amide bonds. The number of halogens is 2. The van der Waals surface area contributed by atoms with E-state index in [0.29, 0.717) is 5.02 Å². The van der Waals surface area contributed by atoms with Gasteiger partial charge in [0.25, 0.3) is 0 Å². The van der Waals surface area contributed by atoms with Crippen LogP contribution in [0.3, 0.4) is 0 Å². The van der Waals surface area contributed by atoms with Crippen LogP contribution in [0.5, 0.6) is 0 Å². The Bertz CT molecular complexity index is 946. The van der Waals surface area contributed by atoms with Crippen molar-refractivity contribution in [1.82, 2.24) is 5.32 Å². The van der Waals surface area contributed by atoms with Crippen molar-refractivity contribution in [3.63, 3.8) is 0 Å². The van der Waals surface area contributed by atoms with Gasteiger partial charge in [-0.25, -0.2) is 8.42 Å². The first kappa shape index (κ1) is 22.5. The molecule has 0 heterocycles. The van der Waals surface area contributed by atoms with Crippen molar-refractivity contribution < 1.29 is 13.2 Å². The number of hydrogen-bond acceptors (Lipinski definition) is 3. The molecule has 0 aliphatic carbocycles. The molecule has 28 heavy (non-hydrogen) atoms. The van der Waals surface area contributed by atoms with E-state index >= 15 is 0 Å². The van der Waals surface area contributed by atoms with Crippen LogP contribution in [0, 0.1) is 0 Å². The zero-order valence-electron chi connectivity index (χ0n) is 16.2. The summed E-state index contributed by atoms with van der Waals surface area (Å²) < 4.78 is 25.8. The minimum atomic E-state index is -3.73. The molecule has 0 aliphatic rings. The van der Waals surface area contributed by atoms with Crippen molar-refractivity contribution in [2.24, 2.45) is 0 Å². The van der Waals surface area contributed by atoms with Gasteiger partial charge in [-0.1, -0.05) is 54.4 Å². The minimum absolute atomic E-state index is 0.213. The number of sulfonamides is 1. The number of hydrogen-bond donors (Lipinski definition) is 1. The number of aryl methyl sites for hydroxylation is 1. The Morgan fingerprint density at radius 3 is 2.18 bits per heavy atom. The lowest BCUT2D eigenvalue weighted by Crippen LogP contribution is -2.48. The van der Waals surface area contributed by atoms with Gasteiger partial charge in [0.15, 0.2) is 0 Å². The second-order valence-electron chi connectivity index (χ2n) is 6.66. The second-order valence-corrected chi connectivity index (χ2v) is 9.33. The molecule has 152 valence electrons. The number of benzene rings is 2. The van der Waals surface area contributed by atoms with Gasteiger partial charge >= 0.3 is 0 Å². The summed E-state index contributed by atoms with van der Waals surface area (Å²) in [6.07, 6.45) is 1.98. The van der Waals surface area contributed by atoms with E-state index in [1.807, 2.05) is 31.2 Å². The number of carbonyl (C=O) groups excluding carboxylic acids is 1. The molecular formula is C20H24Cl2N2O3S. The maximum atomic E-state index is 12.8. The summed E-state index contributed by atoms with van der Waals surface area (Å²) in [5.41, 5.74) is 2.43. The van der Waals surface area contributed by atoms with Crippen LogP contribution in [0.1, 0.15) is 37.9 Å². The van der Waals surface area contributed by atoms with E-state index in [1.54, 1.807) is 0 Å². The SMILES string of the molecule is CCc1ccc([C@H](C)NC(=O)[C@H](C)N(c2ccc(Cl)c(Cl)c2)S(C)(=O)=O)cc1. The standard InChI is InChI=1S/C20H24Cl2N2O3S/c1-5-15-6-8-16(9-7-15)13(2)23-20(25)14(3)24(28(4,26)27)17-10-11-18(21)19(22)12-17/h6-14H,5H2,1-4H3,(H,23,25)/t13-,14-/m0/s1. The van der Waals surface area contributed by atoms with E-state index in [1.165, 1.54) is 30.7 Å². The quantitative estimate of drug-likeness (QED) is 0.681. The predicted molar refractivity (Wildman–Crippen MR) is 116 cm³/mol. The molecule has 0 saturated carbocycles. The predicted octanol–water partition coefficient (Wildman–Crippen LogP) is 4.59. The molecule has 0 fully saturated rings. The molecule has 2 rings (SSSR count). The summed E-state index contributed by atoms with van der Waals surface area (Å²) in [4.78, 5) is 12.8. The zero-order chi connectivity index (χ0) is 21.1. The van der Waals surface area contributed by atoms with Crippen LogP contribution in [-0.4, -0.2) is 26.6 Å². The monoisotopic (exact) mass is 442 g/mol. The lowest BCUT2D eigenvalue weighted by Gasteiger charge is -2.29. The van der Waals surface area contributed by atoms with Crippen LogP contribution in [0.4, 0.5) is 5.69 Å². The number of nitrogens with zero attached hydrogens (tertiary/aromatic N) is 1. The summed E-state index contributed by atoms with van der Waals surface area (Å²) >= 11 is 11.9. The fourth-order valence-electron chi connectivity index (χ4n) is 2.89. The highest BCUT2D eigenvalue weighted by molar-refractivity contribution is 7.92. The summed E-state index contributed by atoms with van der Waals surface area (Å²) in [5, 5.41) is 3.40. The largest absolute Gasteiger partial charge is 0.348 e. The van der Waals surface area contributed by atoms with Gasteiger partial charge in [-0.3, -0.25) is 9.10 Å². The van der Waals surface area contributed by atoms with E-state index in [4.69, 9.17) is 23.2 Å². The topological polar surface area (TPSA) is 66.5 Å². The highest BCUT2D eigenvalue weighted by Crippen LogP contribution is 2.29. The Kier molecular flexibility index (Phi) is 7.37. The molecule has 8 heteroatoms. The summed E-state index contributed by atoms with van der Waals surface area (Å²) in [7, 11) is -3.73. The molecular weight excluding hydrogens is 419 g/mol. The molecule has 2 atom stereocenters. The number of nitrogens with one attached hydrogen (secondary N) is 1. The van der Waals surface area contributed by atoms with Crippen molar-refractivity contribution >= 4 is 44.8 Å². The van der Waals surface area contributed by atoms with E-state index < -0.39 is 22.0 Å². The van der Waals surface area contributed by atoms with Gasteiger partial charge in [-0.15, -0.1) is 0 Å². The zero-order valence-corrected chi connectivity index (χ0v) is 18.6. The van der Waals surface area contributed by atoms with Crippen molar-refractivity contribution in [2.75, 3.05) is 10.6 Å². The van der Waals surface area contributed by atoms with Crippen molar-refractivity contribution in [3.8, 4) is 0 Å². The van der Waals surface area contributed by atoms with Gasteiger partial charge in [0.05, 0.1) is 28.0 Å². The first-order valence-corrected chi connectivity index (χ1v) is 11.5. The lowest BCUT2D eigenvalue weighted by molar-refractivity contribution is -0.122. The smallest absolute Gasteiger partial charge is 0.244 e. The molecule has 2 aromatic carbocycles. The van der Waals surface area contributed by atoms with Gasteiger partial charge < -0.3 is 5.32 Å². The first-order valence-electron chi connectivity index (χ1n) is 8.88. The average molecular weight is 443 g/mol. The van der Waals surface area contributed by atoms with Crippen molar-refractivity contribution in [1.29, 1.82) is 0 Å². The molecule has 0 saturated heterocycles. The molecule has 2 aromatic rings. The molecule has 0 unspecified atom stereocenters. The van der Waals surface area contributed by atoms with E-state index in [9.17, 15) is 13.2 Å².